The van der Waals surface area contributed by atoms with Crippen LogP contribution in [0.4, 0.5) is 0 Å². The quantitative estimate of drug-likeness (QED) is 0.439. The Balaban J connectivity index is 1.65. The van der Waals surface area contributed by atoms with Crippen LogP contribution >= 0.6 is 27.7 Å². The Kier molecular flexibility index (Phi) is 5.16. The molecule has 1 aromatic heterocycles. The number of halogens is 1. The molecule has 0 amide bonds. The summed E-state index contributed by atoms with van der Waals surface area (Å²) < 4.78 is 6.60. The standard InChI is InChI=1S/C18H15BrN2O2S/c1-11-3-4-14(9-12(11)2)16(22)10-24-18-21-20-17(23-18)13-5-7-15(19)8-6-13/h3-9H,10H2,1-2H3. The highest BCUT2D eigenvalue weighted by Gasteiger charge is 2.13. The van der Waals surface area contributed by atoms with E-state index >= 15 is 0 Å². The molecule has 0 atom stereocenters. The van der Waals surface area contributed by atoms with Crippen LogP contribution in [-0.4, -0.2) is 21.7 Å². The lowest BCUT2D eigenvalue weighted by molar-refractivity contribution is 0.102. The molecule has 0 aliphatic rings. The molecule has 3 rings (SSSR count). The van der Waals surface area contributed by atoms with Crippen LogP contribution in [0.1, 0.15) is 21.5 Å². The van der Waals surface area contributed by atoms with Gasteiger partial charge in [0.2, 0.25) is 5.89 Å². The van der Waals surface area contributed by atoms with E-state index in [0.29, 0.717) is 16.7 Å². The molecule has 4 nitrogen and oxygen atoms in total. The number of aromatic nitrogens is 2. The molecule has 122 valence electrons. The first-order valence-corrected chi connectivity index (χ1v) is 9.13. The van der Waals surface area contributed by atoms with E-state index in [0.717, 1.165) is 15.6 Å². The number of carbonyl (C=O) groups excluding carboxylic acids is 1. The molecule has 1 heterocycles. The SMILES string of the molecule is Cc1ccc(C(=O)CSc2nnc(-c3ccc(Br)cc3)o2)cc1C. The van der Waals surface area contributed by atoms with Crippen molar-refractivity contribution in [3.63, 3.8) is 0 Å². The predicted molar refractivity (Wildman–Crippen MR) is 98.4 cm³/mol. The van der Waals surface area contributed by atoms with Crippen molar-refractivity contribution >= 4 is 33.5 Å². The van der Waals surface area contributed by atoms with E-state index in [9.17, 15) is 4.79 Å². The third-order valence-corrected chi connectivity index (χ3v) is 5.00. The molecule has 24 heavy (non-hydrogen) atoms. The van der Waals surface area contributed by atoms with Crippen LogP contribution in [0.25, 0.3) is 11.5 Å². The summed E-state index contributed by atoms with van der Waals surface area (Å²) in [5, 5.41) is 8.42. The zero-order valence-electron chi connectivity index (χ0n) is 13.2. The lowest BCUT2D eigenvalue weighted by Crippen LogP contribution is -2.03. The van der Waals surface area contributed by atoms with Crippen LogP contribution in [0, 0.1) is 13.8 Å². The van der Waals surface area contributed by atoms with Gasteiger partial charge in [0.1, 0.15) is 0 Å². The van der Waals surface area contributed by atoms with Gasteiger partial charge < -0.3 is 4.42 Å². The van der Waals surface area contributed by atoms with Gasteiger partial charge in [-0.1, -0.05) is 39.8 Å². The second-order valence-corrected chi connectivity index (χ2v) is 7.23. The highest BCUT2D eigenvalue weighted by Crippen LogP contribution is 2.25. The van der Waals surface area contributed by atoms with Crippen LogP contribution in [0.2, 0.25) is 0 Å². The Bertz CT molecular complexity index is 875. The zero-order chi connectivity index (χ0) is 17.1. The fraction of sp³-hybridized carbons (Fsp3) is 0.167. The van der Waals surface area contributed by atoms with Crippen LogP contribution in [-0.2, 0) is 0 Å². The van der Waals surface area contributed by atoms with Crippen molar-refractivity contribution in [2.24, 2.45) is 0 Å². The third kappa shape index (κ3) is 3.94. The molecule has 0 bridgehead atoms. The van der Waals surface area contributed by atoms with Crippen LogP contribution in [0.5, 0.6) is 0 Å². The Morgan fingerprint density at radius 3 is 2.54 bits per heavy atom. The molecule has 3 aromatic rings. The summed E-state index contributed by atoms with van der Waals surface area (Å²) in [6, 6.07) is 13.3. The maximum Gasteiger partial charge on any atom is 0.277 e. The van der Waals surface area contributed by atoms with Crippen molar-refractivity contribution < 1.29 is 9.21 Å². The van der Waals surface area contributed by atoms with Gasteiger partial charge in [0.05, 0.1) is 5.75 Å². The number of aryl methyl sites for hydroxylation is 2. The molecular formula is C18H15BrN2O2S. The van der Waals surface area contributed by atoms with Gasteiger partial charge in [-0.2, -0.15) is 0 Å². The number of carbonyl (C=O) groups is 1. The summed E-state index contributed by atoms with van der Waals surface area (Å²) in [6.07, 6.45) is 0. The Morgan fingerprint density at radius 1 is 1.08 bits per heavy atom. The first-order chi connectivity index (χ1) is 11.5. The molecule has 0 saturated carbocycles. The summed E-state index contributed by atoms with van der Waals surface area (Å²) in [6.45, 7) is 4.03. The van der Waals surface area contributed by atoms with Crippen molar-refractivity contribution in [2.45, 2.75) is 19.1 Å². The van der Waals surface area contributed by atoms with E-state index < -0.39 is 0 Å². The summed E-state index contributed by atoms with van der Waals surface area (Å²) >= 11 is 4.64. The highest BCUT2D eigenvalue weighted by molar-refractivity contribution is 9.10. The highest BCUT2D eigenvalue weighted by atomic mass is 79.9. The summed E-state index contributed by atoms with van der Waals surface area (Å²) in [5.74, 6) is 0.764. The van der Waals surface area contributed by atoms with Gasteiger partial charge in [-0.05, 0) is 55.3 Å². The molecule has 0 spiro atoms. The monoisotopic (exact) mass is 402 g/mol. The lowest BCUT2D eigenvalue weighted by atomic mass is 10.0. The van der Waals surface area contributed by atoms with Crippen LogP contribution in [0.15, 0.2) is 56.6 Å². The van der Waals surface area contributed by atoms with E-state index in [-0.39, 0.29) is 11.5 Å². The number of thioether (sulfide) groups is 1. The fourth-order valence-corrected chi connectivity index (χ4v) is 3.02. The topological polar surface area (TPSA) is 56.0 Å². The average molecular weight is 403 g/mol. The molecule has 0 aliphatic carbocycles. The third-order valence-electron chi connectivity index (χ3n) is 3.65. The van der Waals surface area contributed by atoms with Gasteiger partial charge >= 0.3 is 0 Å². The van der Waals surface area contributed by atoms with Crippen LogP contribution in [0.3, 0.4) is 0 Å². The molecular weight excluding hydrogens is 388 g/mol. The van der Waals surface area contributed by atoms with Gasteiger partial charge in [-0.25, -0.2) is 0 Å². The maximum atomic E-state index is 12.3. The number of Topliss-reactive ketones (excluding diaryl/α,β-unsaturated/α-hetero) is 1. The smallest absolute Gasteiger partial charge is 0.277 e. The second kappa shape index (κ2) is 7.32. The Morgan fingerprint density at radius 2 is 1.83 bits per heavy atom. The molecule has 0 aliphatic heterocycles. The van der Waals surface area contributed by atoms with Crippen LogP contribution < -0.4 is 0 Å². The minimum absolute atomic E-state index is 0.0477. The first kappa shape index (κ1) is 16.9. The minimum Gasteiger partial charge on any atom is -0.411 e. The van der Waals surface area contributed by atoms with E-state index in [2.05, 4.69) is 26.1 Å². The van der Waals surface area contributed by atoms with Crippen molar-refractivity contribution in [3.05, 3.63) is 63.6 Å². The number of nitrogens with zero attached hydrogens (tertiary/aromatic N) is 2. The Hall–Kier alpha value is -1.92. The molecule has 0 unspecified atom stereocenters. The van der Waals surface area contributed by atoms with Gasteiger partial charge in [0.25, 0.3) is 5.22 Å². The number of rotatable bonds is 5. The summed E-state index contributed by atoms with van der Waals surface area (Å²) in [4.78, 5) is 12.3. The van der Waals surface area contributed by atoms with Crippen molar-refractivity contribution in [2.75, 3.05) is 5.75 Å². The average Bonchev–Trinajstić information content (AvgIpc) is 3.05. The Labute approximate surface area is 152 Å². The number of hydrogen-bond donors (Lipinski definition) is 0. The van der Waals surface area contributed by atoms with Gasteiger partial charge in [-0.3, -0.25) is 4.79 Å². The van der Waals surface area contributed by atoms with Gasteiger partial charge in [0.15, 0.2) is 5.78 Å². The predicted octanol–water partition coefficient (Wildman–Crippen LogP) is 5.09. The normalized spacial score (nSPS) is 10.8. The number of hydrogen-bond acceptors (Lipinski definition) is 5. The second-order valence-electron chi connectivity index (χ2n) is 5.39. The van der Waals surface area contributed by atoms with E-state index in [1.165, 1.54) is 17.3 Å². The van der Waals surface area contributed by atoms with Gasteiger partial charge in [0, 0.05) is 15.6 Å². The van der Waals surface area contributed by atoms with E-state index in [4.69, 9.17) is 4.42 Å². The largest absolute Gasteiger partial charge is 0.411 e. The maximum absolute atomic E-state index is 12.3. The van der Waals surface area contributed by atoms with E-state index in [1.54, 1.807) is 0 Å². The molecule has 0 saturated heterocycles. The molecule has 0 N–H and O–H groups in total. The summed E-state index contributed by atoms with van der Waals surface area (Å²) in [7, 11) is 0. The fourth-order valence-electron chi connectivity index (χ4n) is 2.10. The minimum atomic E-state index is 0.0477. The van der Waals surface area contributed by atoms with E-state index in [1.807, 2.05) is 56.3 Å². The van der Waals surface area contributed by atoms with Gasteiger partial charge in [-0.15, -0.1) is 10.2 Å². The molecule has 0 radical (unpaired) electrons. The lowest BCUT2D eigenvalue weighted by Gasteiger charge is -2.03. The number of ketones is 1. The zero-order valence-corrected chi connectivity index (χ0v) is 15.6. The first-order valence-electron chi connectivity index (χ1n) is 7.35. The molecule has 6 heteroatoms. The van der Waals surface area contributed by atoms with Crippen molar-refractivity contribution in [1.82, 2.24) is 10.2 Å². The van der Waals surface area contributed by atoms with Crippen molar-refractivity contribution in [3.8, 4) is 11.5 Å². The molecule has 2 aromatic carbocycles. The summed E-state index contributed by atoms with van der Waals surface area (Å²) in [5.41, 5.74) is 3.84. The molecule has 0 fully saturated rings. The van der Waals surface area contributed by atoms with Crippen molar-refractivity contribution in [1.29, 1.82) is 0 Å². The number of benzene rings is 2.